The molecule has 0 aliphatic rings. The first kappa shape index (κ1) is 12.9. The normalized spacial score (nSPS) is 10.4. The van der Waals surface area contributed by atoms with E-state index in [2.05, 4.69) is 10.3 Å². The lowest BCUT2D eigenvalue weighted by Gasteiger charge is -2.03. The van der Waals surface area contributed by atoms with E-state index < -0.39 is 5.97 Å². The fourth-order valence-corrected chi connectivity index (χ4v) is 1.54. The average Bonchev–Trinajstić information content (AvgIpc) is 2.98. The summed E-state index contributed by atoms with van der Waals surface area (Å²) in [6.45, 7) is 2.55. The van der Waals surface area contributed by atoms with Gasteiger partial charge in [-0.05, 0) is 19.1 Å². The summed E-state index contributed by atoms with van der Waals surface area (Å²) in [5.74, 6) is -0.444. The van der Waals surface area contributed by atoms with Crippen LogP contribution >= 0.6 is 0 Å². The second-order valence-corrected chi connectivity index (χ2v) is 3.97. The minimum Gasteiger partial charge on any atom is -0.476 e. The van der Waals surface area contributed by atoms with Gasteiger partial charge in [-0.3, -0.25) is 4.79 Å². The summed E-state index contributed by atoms with van der Waals surface area (Å²) >= 11 is 0. The molecule has 0 bridgehead atoms. The summed E-state index contributed by atoms with van der Waals surface area (Å²) < 4.78 is 6.77. The standard InChI is InChI=1S/C12H13N3O4/c1-8-2-3-10(19-8)11(16)13-4-5-15-6-9(12(17)18)14-7-15/h2-3,6-7H,4-5H2,1H3,(H,13,16)(H,17,18). The number of rotatable bonds is 5. The van der Waals surface area contributed by atoms with Gasteiger partial charge < -0.3 is 19.4 Å². The molecule has 0 fully saturated rings. The second kappa shape index (κ2) is 5.38. The zero-order chi connectivity index (χ0) is 13.8. The maximum atomic E-state index is 11.6. The van der Waals surface area contributed by atoms with Gasteiger partial charge in [0.15, 0.2) is 11.5 Å². The molecule has 2 aromatic rings. The SMILES string of the molecule is Cc1ccc(C(=O)NCCn2cnc(C(=O)O)c2)o1. The molecule has 2 N–H and O–H groups in total. The molecule has 7 nitrogen and oxygen atoms in total. The van der Waals surface area contributed by atoms with Crippen LogP contribution < -0.4 is 5.32 Å². The lowest BCUT2D eigenvalue weighted by Crippen LogP contribution is -2.26. The number of hydrogen-bond acceptors (Lipinski definition) is 4. The Balaban J connectivity index is 1.83. The maximum absolute atomic E-state index is 11.6. The van der Waals surface area contributed by atoms with E-state index >= 15 is 0 Å². The molecule has 7 heteroatoms. The second-order valence-electron chi connectivity index (χ2n) is 3.97. The molecule has 2 aromatic heterocycles. The van der Waals surface area contributed by atoms with E-state index in [1.54, 1.807) is 23.6 Å². The summed E-state index contributed by atoms with van der Waals surface area (Å²) in [5.41, 5.74) is -0.0204. The molecule has 0 aliphatic heterocycles. The van der Waals surface area contributed by atoms with Gasteiger partial charge in [-0.15, -0.1) is 0 Å². The van der Waals surface area contributed by atoms with Crippen molar-refractivity contribution in [3.8, 4) is 0 Å². The Labute approximate surface area is 108 Å². The minimum atomic E-state index is -1.08. The third-order valence-electron chi connectivity index (χ3n) is 2.47. The number of aromatic nitrogens is 2. The first-order valence-corrected chi connectivity index (χ1v) is 5.66. The van der Waals surface area contributed by atoms with Crippen molar-refractivity contribution >= 4 is 11.9 Å². The van der Waals surface area contributed by atoms with Crippen LogP contribution in [-0.2, 0) is 6.54 Å². The molecule has 0 radical (unpaired) electrons. The number of furan rings is 1. The van der Waals surface area contributed by atoms with Crippen LogP contribution in [0.3, 0.4) is 0 Å². The number of amides is 1. The molecule has 0 saturated heterocycles. The number of imidazole rings is 1. The third kappa shape index (κ3) is 3.21. The van der Waals surface area contributed by atoms with Gasteiger partial charge in [0.25, 0.3) is 5.91 Å². The van der Waals surface area contributed by atoms with Gasteiger partial charge in [0.1, 0.15) is 5.76 Å². The Morgan fingerprint density at radius 3 is 2.84 bits per heavy atom. The number of aryl methyl sites for hydroxylation is 1. The summed E-state index contributed by atoms with van der Waals surface area (Å²) in [4.78, 5) is 26.0. The Bertz CT molecular complexity index is 600. The zero-order valence-corrected chi connectivity index (χ0v) is 10.3. The third-order valence-corrected chi connectivity index (χ3v) is 2.47. The van der Waals surface area contributed by atoms with Gasteiger partial charge in [-0.25, -0.2) is 9.78 Å². The van der Waals surface area contributed by atoms with Gasteiger partial charge in [-0.2, -0.15) is 0 Å². The van der Waals surface area contributed by atoms with Crippen molar-refractivity contribution in [2.24, 2.45) is 0 Å². The molecule has 2 rings (SSSR count). The summed E-state index contributed by atoms with van der Waals surface area (Å²) in [6, 6.07) is 3.31. The van der Waals surface area contributed by atoms with E-state index in [-0.39, 0.29) is 17.4 Å². The number of carbonyl (C=O) groups is 2. The molecule has 0 saturated carbocycles. The monoisotopic (exact) mass is 263 g/mol. The van der Waals surface area contributed by atoms with Crippen LogP contribution in [0.4, 0.5) is 0 Å². The molecule has 1 amide bonds. The fraction of sp³-hybridized carbons (Fsp3) is 0.250. The van der Waals surface area contributed by atoms with Crippen LogP contribution in [0.25, 0.3) is 0 Å². The van der Waals surface area contributed by atoms with E-state index in [0.29, 0.717) is 18.8 Å². The van der Waals surface area contributed by atoms with Gasteiger partial charge in [0, 0.05) is 19.3 Å². The lowest BCUT2D eigenvalue weighted by molar-refractivity contribution is 0.0690. The Kier molecular flexibility index (Phi) is 3.65. The molecule has 0 spiro atoms. The van der Waals surface area contributed by atoms with Crippen molar-refractivity contribution in [1.29, 1.82) is 0 Å². The van der Waals surface area contributed by atoms with Crippen molar-refractivity contribution in [2.75, 3.05) is 6.54 Å². The number of hydrogen-bond donors (Lipinski definition) is 2. The van der Waals surface area contributed by atoms with Gasteiger partial charge in [0.05, 0.1) is 6.33 Å². The lowest BCUT2D eigenvalue weighted by atomic mass is 10.4. The van der Waals surface area contributed by atoms with Crippen LogP contribution in [0.2, 0.25) is 0 Å². The quantitative estimate of drug-likeness (QED) is 0.835. The fourth-order valence-electron chi connectivity index (χ4n) is 1.54. The Morgan fingerprint density at radius 1 is 1.47 bits per heavy atom. The maximum Gasteiger partial charge on any atom is 0.356 e. The molecule has 100 valence electrons. The predicted octanol–water partition coefficient (Wildman–Crippen LogP) is 0.913. The van der Waals surface area contributed by atoms with Gasteiger partial charge >= 0.3 is 5.97 Å². The smallest absolute Gasteiger partial charge is 0.356 e. The summed E-state index contributed by atoms with van der Waals surface area (Å²) in [6.07, 6.45) is 2.82. The van der Waals surface area contributed by atoms with E-state index in [1.165, 1.54) is 12.5 Å². The van der Waals surface area contributed by atoms with Crippen molar-refractivity contribution in [3.05, 3.63) is 41.9 Å². The number of carbonyl (C=O) groups excluding carboxylic acids is 1. The number of carboxylic acid groups (broad SMARTS) is 1. The highest BCUT2D eigenvalue weighted by Gasteiger charge is 2.09. The number of carboxylic acids is 1. The molecular weight excluding hydrogens is 250 g/mol. The molecule has 0 aliphatic carbocycles. The molecule has 0 aromatic carbocycles. The molecule has 0 unspecified atom stereocenters. The number of nitrogens with one attached hydrogen (secondary N) is 1. The topological polar surface area (TPSA) is 97.4 Å². The molecular formula is C12H13N3O4. The first-order valence-electron chi connectivity index (χ1n) is 5.66. The van der Waals surface area contributed by atoms with Crippen LogP contribution in [0, 0.1) is 6.92 Å². The van der Waals surface area contributed by atoms with Gasteiger partial charge in [0.2, 0.25) is 0 Å². The van der Waals surface area contributed by atoms with Crippen LogP contribution in [-0.4, -0.2) is 33.1 Å². The Hall–Kier alpha value is -2.57. The van der Waals surface area contributed by atoms with Gasteiger partial charge in [-0.1, -0.05) is 0 Å². The highest BCUT2D eigenvalue weighted by Crippen LogP contribution is 2.05. The van der Waals surface area contributed by atoms with E-state index in [4.69, 9.17) is 9.52 Å². The summed E-state index contributed by atoms with van der Waals surface area (Å²) in [5, 5.41) is 11.4. The van der Waals surface area contributed by atoms with Crippen molar-refractivity contribution < 1.29 is 19.1 Å². The van der Waals surface area contributed by atoms with Crippen LogP contribution in [0.1, 0.15) is 26.8 Å². The predicted molar refractivity (Wildman–Crippen MR) is 65.0 cm³/mol. The Morgan fingerprint density at radius 2 is 2.26 bits per heavy atom. The highest BCUT2D eigenvalue weighted by atomic mass is 16.4. The van der Waals surface area contributed by atoms with Crippen molar-refractivity contribution in [1.82, 2.24) is 14.9 Å². The number of aromatic carboxylic acids is 1. The minimum absolute atomic E-state index is 0.0204. The molecule has 19 heavy (non-hydrogen) atoms. The molecule has 2 heterocycles. The van der Waals surface area contributed by atoms with E-state index in [9.17, 15) is 9.59 Å². The zero-order valence-electron chi connectivity index (χ0n) is 10.3. The first-order chi connectivity index (χ1) is 9.06. The largest absolute Gasteiger partial charge is 0.476 e. The van der Waals surface area contributed by atoms with Crippen molar-refractivity contribution in [3.63, 3.8) is 0 Å². The van der Waals surface area contributed by atoms with Crippen LogP contribution in [0.15, 0.2) is 29.1 Å². The summed E-state index contributed by atoms with van der Waals surface area (Å²) in [7, 11) is 0. The van der Waals surface area contributed by atoms with E-state index in [1.807, 2.05) is 0 Å². The molecule has 0 atom stereocenters. The highest BCUT2D eigenvalue weighted by molar-refractivity contribution is 5.91. The van der Waals surface area contributed by atoms with Crippen LogP contribution in [0.5, 0.6) is 0 Å². The number of nitrogens with zero attached hydrogens (tertiary/aromatic N) is 2. The van der Waals surface area contributed by atoms with Crippen molar-refractivity contribution in [2.45, 2.75) is 13.5 Å². The van der Waals surface area contributed by atoms with E-state index in [0.717, 1.165) is 0 Å². The average molecular weight is 263 g/mol.